The van der Waals surface area contributed by atoms with Crippen molar-refractivity contribution in [2.24, 2.45) is 0 Å². The first-order chi connectivity index (χ1) is 15.2. The molecule has 1 amide bonds. The Kier molecular flexibility index (Phi) is 6.94. The SMILES string of the molecule is COc1cccc(O[C@H](C)C(=O)Nc2ccc(S(=O)(=O)Nc3nc(C)cc(C)n3)cc2)c1. The zero-order valence-electron chi connectivity index (χ0n) is 18.1. The van der Waals surface area contributed by atoms with Gasteiger partial charge in [-0.15, -0.1) is 0 Å². The van der Waals surface area contributed by atoms with Crippen LogP contribution in [0.3, 0.4) is 0 Å². The molecule has 9 nitrogen and oxygen atoms in total. The van der Waals surface area contributed by atoms with Crippen LogP contribution in [0.15, 0.2) is 59.5 Å². The summed E-state index contributed by atoms with van der Waals surface area (Å²) in [5.41, 5.74) is 1.73. The number of methoxy groups -OCH3 is 1. The lowest BCUT2D eigenvalue weighted by atomic mass is 10.3. The zero-order chi connectivity index (χ0) is 23.3. The van der Waals surface area contributed by atoms with Crippen molar-refractivity contribution in [3.8, 4) is 11.5 Å². The summed E-state index contributed by atoms with van der Waals surface area (Å²) in [5, 5.41) is 2.70. The summed E-state index contributed by atoms with van der Waals surface area (Å²) >= 11 is 0. The summed E-state index contributed by atoms with van der Waals surface area (Å²) in [7, 11) is -2.33. The van der Waals surface area contributed by atoms with Gasteiger partial charge in [0.05, 0.1) is 12.0 Å². The number of rotatable bonds is 8. The lowest BCUT2D eigenvalue weighted by Gasteiger charge is -2.15. The molecular formula is C22H24N4O5S. The predicted octanol–water partition coefficient (Wildman–Crippen LogP) is 3.31. The fourth-order valence-electron chi connectivity index (χ4n) is 2.84. The molecule has 1 aromatic heterocycles. The van der Waals surface area contributed by atoms with Gasteiger partial charge in [0.15, 0.2) is 6.10 Å². The average Bonchev–Trinajstić information content (AvgIpc) is 2.73. The number of aryl methyl sites for hydroxylation is 2. The van der Waals surface area contributed by atoms with Gasteiger partial charge < -0.3 is 14.8 Å². The molecule has 1 heterocycles. The Morgan fingerprint density at radius 1 is 0.969 bits per heavy atom. The van der Waals surface area contributed by atoms with Crippen LogP contribution >= 0.6 is 0 Å². The number of nitrogens with one attached hydrogen (secondary N) is 2. The van der Waals surface area contributed by atoms with Crippen molar-refractivity contribution in [2.75, 3.05) is 17.1 Å². The van der Waals surface area contributed by atoms with Gasteiger partial charge in [-0.1, -0.05) is 6.07 Å². The van der Waals surface area contributed by atoms with E-state index < -0.39 is 16.1 Å². The van der Waals surface area contributed by atoms with Crippen molar-refractivity contribution in [1.82, 2.24) is 9.97 Å². The summed E-state index contributed by atoms with van der Waals surface area (Å²) in [6.07, 6.45) is -0.783. The van der Waals surface area contributed by atoms with Crippen LogP contribution in [-0.2, 0) is 14.8 Å². The molecule has 0 unspecified atom stereocenters. The van der Waals surface area contributed by atoms with Crippen molar-refractivity contribution in [2.45, 2.75) is 31.8 Å². The fourth-order valence-corrected chi connectivity index (χ4v) is 3.79. The highest BCUT2D eigenvalue weighted by Crippen LogP contribution is 2.21. The van der Waals surface area contributed by atoms with E-state index in [0.29, 0.717) is 28.6 Å². The van der Waals surface area contributed by atoms with Crippen molar-refractivity contribution in [3.05, 3.63) is 66.0 Å². The first-order valence-corrected chi connectivity index (χ1v) is 11.2. The lowest BCUT2D eigenvalue weighted by molar-refractivity contribution is -0.122. The highest BCUT2D eigenvalue weighted by Gasteiger charge is 2.18. The van der Waals surface area contributed by atoms with Gasteiger partial charge in [-0.2, -0.15) is 0 Å². The molecule has 2 N–H and O–H groups in total. The number of aromatic nitrogens is 2. The van der Waals surface area contributed by atoms with Crippen LogP contribution in [0.2, 0.25) is 0 Å². The Balaban J connectivity index is 1.64. The molecule has 0 aliphatic heterocycles. The van der Waals surface area contributed by atoms with Gasteiger partial charge in [0, 0.05) is 23.1 Å². The van der Waals surface area contributed by atoms with E-state index in [9.17, 15) is 13.2 Å². The smallest absolute Gasteiger partial charge is 0.265 e. The highest BCUT2D eigenvalue weighted by atomic mass is 32.2. The molecule has 10 heteroatoms. The van der Waals surface area contributed by atoms with Crippen LogP contribution in [0.4, 0.5) is 11.6 Å². The second-order valence-corrected chi connectivity index (χ2v) is 8.71. The number of nitrogens with zero attached hydrogens (tertiary/aromatic N) is 2. The van der Waals surface area contributed by atoms with Crippen LogP contribution in [0.5, 0.6) is 11.5 Å². The third kappa shape index (κ3) is 5.94. The van der Waals surface area contributed by atoms with Crippen LogP contribution in [0.25, 0.3) is 0 Å². The number of benzene rings is 2. The minimum absolute atomic E-state index is 0.00314. The van der Waals surface area contributed by atoms with Crippen molar-refractivity contribution in [3.63, 3.8) is 0 Å². The van der Waals surface area contributed by atoms with Crippen molar-refractivity contribution in [1.29, 1.82) is 0 Å². The maximum Gasteiger partial charge on any atom is 0.265 e. The van der Waals surface area contributed by atoms with E-state index in [1.807, 2.05) is 0 Å². The molecule has 1 atom stereocenters. The number of anilines is 2. The number of amides is 1. The Morgan fingerprint density at radius 2 is 1.59 bits per heavy atom. The highest BCUT2D eigenvalue weighted by molar-refractivity contribution is 7.92. The van der Waals surface area contributed by atoms with Crippen LogP contribution < -0.4 is 19.5 Å². The molecular weight excluding hydrogens is 432 g/mol. The average molecular weight is 457 g/mol. The Morgan fingerprint density at radius 3 is 2.22 bits per heavy atom. The van der Waals surface area contributed by atoms with E-state index in [1.54, 1.807) is 58.2 Å². The van der Waals surface area contributed by atoms with Gasteiger partial charge in [0.2, 0.25) is 5.95 Å². The summed E-state index contributed by atoms with van der Waals surface area (Å²) in [4.78, 5) is 20.6. The Bertz CT molecular complexity index is 1190. The quantitative estimate of drug-likeness (QED) is 0.534. The Hall–Kier alpha value is -3.66. The molecule has 0 aliphatic rings. The topological polar surface area (TPSA) is 120 Å². The second-order valence-electron chi connectivity index (χ2n) is 7.03. The lowest BCUT2D eigenvalue weighted by Crippen LogP contribution is -2.30. The summed E-state index contributed by atoms with van der Waals surface area (Å²) in [5.74, 6) is 0.730. The normalized spacial score (nSPS) is 12.0. The molecule has 0 bridgehead atoms. The second kappa shape index (κ2) is 9.65. The molecule has 0 saturated carbocycles. The van der Waals surface area contributed by atoms with Gasteiger partial charge in [-0.05, 0) is 63.2 Å². The van der Waals surface area contributed by atoms with Gasteiger partial charge in [-0.3, -0.25) is 4.79 Å². The van der Waals surface area contributed by atoms with Crippen LogP contribution in [0.1, 0.15) is 18.3 Å². The largest absolute Gasteiger partial charge is 0.497 e. The monoisotopic (exact) mass is 456 g/mol. The molecule has 0 aliphatic carbocycles. The molecule has 0 radical (unpaired) electrons. The van der Waals surface area contributed by atoms with E-state index in [0.717, 1.165) is 0 Å². The maximum absolute atomic E-state index is 12.6. The number of carbonyl (C=O) groups excluding carboxylic acids is 1. The first-order valence-electron chi connectivity index (χ1n) is 9.73. The summed E-state index contributed by atoms with van der Waals surface area (Å²) < 4.78 is 38.4. The maximum atomic E-state index is 12.6. The van der Waals surface area contributed by atoms with Gasteiger partial charge in [0.1, 0.15) is 11.5 Å². The van der Waals surface area contributed by atoms with E-state index in [1.165, 1.54) is 24.3 Å². The van der Waals surface area contributed by atoms with Gasteiger partial charge in [0.25, 0.3) is 15.9 Å². The molecule has 168 valence electrons. The molecule has 2 aromatic carbocycles. The van der Waals surface area contributed by atoms with Crippen LogP contribution in [0, 0.1) is 13.8 Å². The van der Waals surface area contributed by atoms with Crippen LogP contribution in [-0.4, -0.2) is 37.5 Å². The van der Waals surface area contributed by atoms with E-state index in [-0.39, 0.29) is 16.8 Å². The predicted molar refractivity (Wildman–Crippen MR) is 120 cm³/mol. The van der Waals surface area contributed by atoms with Gasteiger partial charge >= 0.3 is 0 Å². The molecule has 0 fully saturated rings. The molecule has 3 rings (SSSR count). The molecule has 32 heavy (non-hydrogen) atoms. The van der Waals surface area contributed by atoms with E-state index >= 15 is 0 Å². The standard InChI is InChI=1S/C22H24N4O5S/c1-14-12-15(2)24-22(23-14)26-32(28,29)20-10-8-17(9-11-20)25-21(27)16(3)31-19-7-5-6-18(13-19)30-4/h5-13,16H,1-4H3,(H,25,27)(H,23,24,26)/t16-/m1/s1. The zero-order valence-corrected chi connectivity index (χ0v) is 18.9. The van der Waals surface area contributed by atoms with Gasteiger partial charge in [-0.25, -0.2) is 23.1 Å². The van der Waals surface area contributed by atoms with Crippen molar-refractivity contribution < 1.29 is 22.7 Å². The number of ether oxygens (including phenoxy) is 2. The third-order valence-electron chi connectivity index (χ3n) is 4.36. The minimum atomic E-state index is -3.88. The molecule has 3 aromatic rings. The number of carbonyl (C=O) groups is 1. The first kappa shape index (κ1) is 23.0. The Labute approximate surface area is 186 Å². The summed E-state index contributed by atoms with van der Waals surface area (Å²) in [6, 6.07) is 14.4. The minimum Gasteiger partial charge on any atom is -0.497 e. The third-order valence-corrected chi connectivity index (χ3v) is 5.71. The summed E-state index contributed by atoms with van der Waals surface area (Å²) in [6.45, 7) is 5.12. The molecule has 0 saturated heterocycles. The number of hydrogen-bond acceptors (Lipinski definition) is 7. The van der Waals surface area contributed by atoms with Crippen molar-refractivity contribution >= 4 is 27.6 Å². The molecule has 0 spiro atoms. The fraction of sp³-hybridized carbons (Fsp3) is 0.227. The number of hydrogen-bond donors (Lipinski definition) is 2. The number of sulfonamides is 1. The van der Waals surface area contributed by atoms with E-state index in [4.69, 9.17) is 9.47 Å². The van der Waals surface area contributed by atoms with E-state index in [2.05, 4.69) is 20.0 Å².